The molecule has 0 aromatic heterocycles. The van der Waals surface area contributed by atoms with Crippen LogP contribution in [0.3, 0.4) is 0 Å². The molecule has 1 atom stereocenters. The van der Waals surface area contributed by atoms with Gasteiger partial charge in [0.2, 0.25) is 5.91 Å². The molecule has 0 aromatic carbocycles. The van der Waals surface area contributed by atoms with Gasteiger partial charge in [-0.1, -0.05) is 43.6 Å². The van der Waals surface area contributed by atoms with Crippen molar-refractivity contribution in [2.75, 3.05) is 59.0 Å². The molecule has 0 aliphatic carbocycles. The Morgan fingerprint density at radius 2 is 1.32 bits per heavy atom. The Bertz CT molecular complexity index is 753. The number of carboxylic acid groups (broad SMARTS) is 3. The zero-order chi connectivity index (χ0) is 29.9. The van der Waals surface area contributed by atoms with Crippen LogP contribution in [0.5, 0.6) is 0 Å². The SMILES string of the molecule is CCC(Br)(CC)C(=O)NC(N)=O.CCN(CCN(CC(=O)O)CC(CCO)N(CC)CC(=O)O)CC(=O)O. The first-order valence-electron chi connectivity index (χ1n) is 12.4. The fourth-order valence-electron chi connectivity index (χ4n) is 3.55. The fraction of sp³-hybridized carbons (Fsp3) is 0.783. The molecule has 0 bridgehead atoms. The number of carboxylic acids is 3. The number of hydrogen-bond donors (Lipinski definition) is 6. The van der Waals surface area contributed by atoms with Crippen LogP contribution < -0.4 is 11.1 Å². The first-order chi connectivity index (χ1) is 17.7. The van der Waals surface area contributed by atoms with Crippen molar-refractivity contribution in [1.82, 2.24) is 20.0 Å². The van der Waals surface area contributed by atoms with Gasteiger partial charge < -0.3 is 26.2 Å². The van der Waals surface area contributed by atoms with E-state index in [9.17, 15) is 29.1 Å². The van der Waals surface area contributed by atoms with Crippen molar-refractivity contribution in [1.29, 1.82) is 0 Å². The molecule has 14 nitrogen and oxygen atoms in total. The predicted molar refractivity (Wildman–Crippen MR) is 144 cm³/mol. The molecule has 222 valence electrons. The van der Waals surface area contributed by atoms with Crippen LogP contribution >= 0.6 is 15.9 Å². The number of likely N-dealkylation sites (N-methyl/N-ethyl adjacent to an activating group) is 2. The van der Waals surface area contributed by atoms with Crippen LogP contribution in [-0.4, -0.2) is 134 Å². The summed E-state index contributed by atoms with van der Waals surface area (Å²) in [5.74, 6) is -3.33. The number of aliphatic carboxylic acids is 3. The maximum Gasteiger partial charge on any atom is 0.318 e. The van der Waals surface area contributed by atoms with E-state index in [2.05, 4.69) is 15.9 Å². The van der Waals surface area contributed by atoms with Gasteiger partial charge in [0.25, 0.3) is 0 Å². The van der Waals surface area contributed by atoms with Crippen LogP contribution in [-0.2, 0) is 19.2 Å². The second-order valence-electron chi connectivity index (χ2n) is 8.51. The average molecular weight is 615 g/mol. The quantitative estimate of drug-likeness (QED) is 0.107. The molecule has 0 radical (unpaired) electrons. The number of nitrogens with two attached hydrogens (primary N) is 1. The molecule has 0 aliphatic rings. The number of aliphatic hydroxyl groups excluding tert-OH is 1. The van der Waals surface area contributed by atoms with Crippen molar-refractivity contribution < 1.29 is 44.4 Å². The van der Waals surface area contributed by atoms with Crippen LogP contribution in [0.1, 0.15) is 47.0 Å². The van der Waals surface area contributed by atoms with Crippen LogP contribution in [0.2, 0.25) is 0 Å². The topological polar surface area (TPSA) is 214 Å². The highest BCUT2D eigenvalue weighted by molar-refractivity contribution is 9.10. The third-order valence-electron chi connectivity index (χ3n) is 5.85. The molecule has 0 fully saturated rings. The van der Waals surface area contributed by atoms with E-state index in [0.29, 0.717) is 45.4 Å². The van der Waals surface area contributed by atoms with E-state index < -0.39 is 28.3 Å². The van der Waals surface area contributed by atoms with Gasteiger partial charge in [-0.25, -0.2) is 4.79 Å². The molecule has 0 aromatic rings. The Balaban J connectivity index is 0. The highest BCUT2D eigenvalue weighted by Gasteiger charge is 2.32. The number of amides is 3. The highest BCUT2D eigenvalue weighted by atomic mass is 79.9. The largest absolute Gasteiger partial charge is 0.480 e. The summed E-state index contributed by atoms with van der Waals surface area (Å²) in [5.41, 5.74) is 4.81. The lowest BCUT2D eigenvalue weighted by atomic mass is 10.0. The molecular weight excluding hydrogens is 570 g/mol. The van der Waals surface area contributed by atoms with Gasteiger partial charge in [-0.3, -0.25) is 39.2 Å². The summed E-state index contributed by atoms with van der Waals surface area (Å²) in [6.07, 6.45) is 1.55. The smallest absolute Gasteiger partial charge is 0.318 e. The van der Waals surface area contributed by atoms with E-state index in [0.717, 1.165) is 0 Å². The Kier molecular flexibility index (Phi) is 20.5. The van der Waals surface area contributed by atoms with E-state index >= 15 is 0 Å². The van der Waals surface area contributed by atoms with Gasteiger partial charge in [-0.05, 0) is 32.4 Å². The lowest BCUT2D eigenvalue weighted by Crippen LogP contribution is -2.49. The van der Waals surface area contributed by atoms with Crippen LogP contribution in [0, 0.1) is 0 Å². The van der Waals surface area contributed by atoms with Crippen molar-refractivity contribution in [3.63, 3.8) is 0 Å². The molecule has 0 spiro atoms. The maximum absolute atomic E-state index is 11.3. The highest BCUT2D eigenvalue weighted by Crippen LogP contribution is 2.26. The van der Waals surface area contributed by atoms with Gasteiger partial charge in [0.15, 0.2) is 0 Å². The molecule has 0 saturated heterocycles. The molecule has 0 rings (SSSR count). The first-order valence-corrected chi connectivity index (χ1v) is 13.2. The number of rotatable bonds is 19. The summed E-state index contributed by atoms with van der Waals surface area (Å²) >= 11 is 3.26. The number of carbonyl (C=O) groups is 5. The third kappa shape index (κ3) is 17.2. The summed E-state index contributed by atoms with van der Waals surface area (Å²) in [7, 11) is 0. The molecule has 0 aliphatic heterocycles. The molecule has 1 unspecified atom stereocenters. The van der Waals surface area contributed by atoms with Crippen LogP contribution in [0.25, 0.3) is 0 Å². The normalized spacial score (nSPS) is 12.1. The summed E-state index contributed by atoms with van der Waals surface area (Å²) < 4.78 is -0.665. The Morgan fingerprint density at radius 1 is 0.842 bits per heavy atom. The van der Waals surface area contributed by atoms with E-state index in [-0.39, 0.29) is 44.7 Å². The molecular formula is C23H44BrN5O9. The van der Waals surface area contributed by atoms with Crippen molar-refractivity contribution in [3.05, 3.63) is 0 Å². The van der Waals surface area contributed by atoms with Crippen molar-refractivity contribution in [3.8, 4) is 0 Å². The predicted octanol–water partition coefficient (Wildman–Crippen LogP) is 0.0720. The zero-order valence-electron chi connectivity index (χ0n) is 22.7. The fourth-order valence-corrected chi connectivity index (χ4v) is 3.65. The standard InChI is InChI=1S/C16H31N3O7.C7H13BrN2O2/c1-3-17(10-14(21)22)6-7-18(11-15(23)24)9-13(5-8-20)19(4-2)12-16(25)26;1-3-7(8,4-2)5(11)10-6(9)12/h13,20H,3-12H2,1-2H3,(H,21,22)(H,23,24)(H,25,26);3-4H2,1-2H3,(H3,9,10,11,12). The first kappa shape index (κ1) is 37.8. The summed E-state index contributed by atoms with van der Waals surface area (Å²) in [6, 6.07) is -1.12. The second-order valence-corrected chi connectivity index (χ2v) is 10.0. The van der Waals surface area contributed by atoms with E-state index in [1.165, 1.54) is 0 Å². The molecule has 7 N–H and O–H groups in total. The number of urea groups is 1. The summed E-state index contributed by atoms with van der Waals surface area (Å²) in [6.45, 7) is 8.62. The van der Waals surface area contributed by atoms with Gasteiger partial charge in [0.1, 0.15) is 4.32 Å². The number of alkyl halides is 1. The van der Waals surface area contributed by atoms with Crippen molar-refractivity contribution in [2.45, 2.75) is 57.3 Å². The van der Waals surface area contributed by atoms with E-state index in [4.69, 9.17) is 21.1 Å². The van der Waals surface area contributed by atoms with E-state index in [1.54, 1.807) is 21.6 Å². The Hall–Kier alpha value is -2.33. The minimum Gasteiger partial charge on any atom is -0.480 e. The number of hydrogen-bond acceptors (Lipinski definition) is 9. The zero-order valence-corrected chi connectivity index (χ0v) is 24.3. The van der Waals surface area contributed by atoms with Crippen molar-refractivity contribution >= 4 is 45.8 Å². The second kappa shape index (κ2) is 20.6. The number of primary amides is 1. The van der Waals surface area contributed by atoms with Crippen molar-refractivity contribution in [2.24, 2.45) is 5.73 Å². The van der Waals surface area contributed by atoms with E-state index in [1.807, 2.05) is 26.1 Å². The molecule has 38 heavy (non-hydrogen) atoms. The van der Waals surface area contributed by atoms with Gasteiger partial charge in [-0.2, -0.15) is 0 Å². The van der Waals surface area contributed by atoms with Crippen LogP contribution in [0.15, 0.2) is 0 Å². The minimum atomic E-state index is -1.02. The lowest BCUT2D eigenvalue weighted by Gasteiger charge is -2.34. The van der Waals surface area contributed by atoms with Gasteiger partial charge in [0.05, 0.1) is 19.6 Å². The Morgan fingerprint density at radius 3 is 1.68 bits per heavy atom. The number of nitrogens with one attached hydrogen (secondary N) is 1. The van der Waals surface area contributed by atoms with Gasteiger partial charge >= 0.3 is 23.9 Å². The number of aliphatic hydroxyl groups is 1. The van der Waals surface area contributed by atoms with Crippen LogP contribution in [0.4, 0.5) is 4.79 Å². The van der Waals surface area contributed by atoms with Gasteiger partial charge in [0, 0.05) is 32.3 Å². The number of imide groups is 1. The average Bonchev–Trinajstić information content (AvgIpc) is 2.83. The lowest BCUT2D eigenvalue weighted by molar-refractivity contribution is -0.141. The molecule has 0 saturated carbocycles. The molecule has 15 heteroatoms. The minimum absolute atomic E-state index is 0.127. The Labute approximate surface area is 232 Å². The monoisotopic (exact) mass is 613 g/mol. The van der Waals surface area contributed by atoms with Gasteiger partial charge in [-0.15, -0.1) is 0 Å². The third-order valence-corrected chi connectivity index (χ3v) is 7.34. The number of halogens is 1. The molecule has 0 heterocycles. The summed E-state index contributed by atoms with van der Waals surface area (Å²) in [5, 5.41) is 38.4. The molecule has 3 amide bonds. The maximum atomic E-state index is 11.3. The summed E-state index contributed by atoms with van der Waals surface area (Å²) in [4.78, 5) is 59.7. The number of carbonyl (C=O) groups excluding carboxylic acids is 2. The number of nitrogens with zero attached hydrogens (tertiary/aromatic N) is 3.